The Morgan fingerprint density at radius 2 is 2.27 bits per heavy atom. The van der Waals surface area contributed by atoms with E-state index in [1.165, 1.54) is 0 Å². The average molecular weight is 214 g/mol. The second kappa shape index (κ2) is 6.08. The lowest BCUT2D eigenvalue weighted by Crippen LogP contribution is -2.34. The molecule has 88 valence electrons. The molecule has 0 aromatic heterocycles. The SMILES string of the molecule is CN(C)CCCOC(=O)[C@@H]1CCCN1C. The Labute approximate surface area is 92.2 Å². The molecule has 1 heterocycles. The molecule has 4 nitrogen and oxygen atoms in total. The van der Waals surface area contributed by atoms with Crippen LogP contribution in [-0.2, 0) is 9.53 Å². The first-order valence-electron chi connectivity index (χ1n) is 5.63. The number of ether oxygens (including phenoxy) is 1. The van der Waals surface area contributed by atoms with Gasteiger partial charge in [-0.2, -0.15) is 0 Å². The number of esters is 1. The standard InChI is InChI=1S/C11H22N2O2/c1-12(2)7-5-9-15-11(14)10-6-4-8-13(10)3/h10H,4-9H2,1-3H3/t10-/m0/s1. The first kappa shape index (κ1) is 12.5. The molecule has 0 N–H and O–H groups in total. The summed E-state index contributed by atoms with van der Waals surface area (Å²) < 4.78 is 5.24. The Kier molecular flexibility index (Phi) is 5.05. The summed E-state index contributed by atoms with van der Waals surface area (Å²) in [7, 11) is 6.03. The molecular weight excluding hydrogens is 192 g/mol. The van der Waals surface area contributed by atoms with Gasteiger partial charge in [0.2, 0.25) is 0 Å². The van der Waals surface area contributed by atoms with E-state index in [1.54, 1.807) is 0 Å². The summed E-state index contributed by atoms with van der Waals surface area (Å²) >= 11 is 0. The maximum absolute atomic E-state index is 11.6. The van der Waals surface area contributed by atoms with Gasteiger partial charge >= 0.3 is 5.97 Å². The number of nitrogens with zero attached hydrogens (tertiary/aromatic N) is 2. The normalized spacial score (nSPS) is 22.3. The highest BCUT2D eigenvalue weighted by atomic mass is 16.5. The highest BCUT2D eigenvalue weighted by molar-refractivity contribution is 5.76. The topological polar surface area (TPSA) is 32.8 Å². The van der Waals surface area contributed by atoms with Gasteiger partial charge in [-0.05, 0) is 47.0 Å². The number of hydrogen-bond donors (Lipinski definition) is 0. The zero-order valence-electron chi connectivity index (χ0n) is 10.0. The van der Waals surface area contributed by atoms with Gasteiger partial charge in [0.1, 0.15) is 6.04 Å². The molecule has 0 radical (unpaired) electrons. The first-order valence-corrected chi connectivity index (χ1v) is 5.63. The van der Waals surface area contributed by atoms with Crippen LogP contribution in [0.4, 0.5) is 0 Å². The van der Waals surface area contributed by atoms with Crippen LogP contribution in [0.1, 0.15) is 19.3 Å². The van der Waals surface area contributed by atoms with Gasteiger partial charge in [-0.1, -0.05) is 0 Å². The molecule has 1 atom stereocenters. The molecule has 0 aliphatic carbocycles. The van der Waals surface area contributed by atoms with Crippen molar-refractivity contribution in [1.29, 1.82) is 0 Å². The maximum atomic E-state index is 11.6. The molecule has 0 aromatic rings. The van der Waals surface area contributed by atoms with Crippen molar-refractivity contribution >= 4 is 5.97 Å². The summed E-state index contributed by atoms with van der Waals surface area (Å²) in [5.74, 6) is -0.0474. The van der Waals surface area contributed by atoms with Crippen molar-refractivity contribution in [2.45, 2.75) is 25.3 Å². The summed E-state index contributed by atoms with van der Waals surface area (Å²) in [6.07, 6.45) is 2.96. The monoisotopic (exact) mass is 214 g/mol. The second-order valence-electron chi connectivity index (χ2n) is 4.46. The van der Waals surface area contributed by atoms with E-state index in [-0.39, 0.29) is 12.0 Å². The number of carbonyl (C=O) groups is 1. The Hall–Kier alpha value is -0.610. The van der Waals surface area contributed by atoms with E-state index in [0.29, 0.717) is 6.61 Å². The van der Waals surface area contributed by atoms with Crippen LogP contribution in [0.25, 0.3) is 0 Å². The van der Waals surface area contributed by atoms with Gasteiger partial charge in [0, 0.05) is 6.54 Å². The minimum Gasteiger partial charge on any atom is -0.464 e. The largest absolute Gasteiger partial charge is 0.464 e. The Morgan fingerprint density at radius 3 is 2.80 bits per heavy atom. The zero-order valence-corrected chi connectivity index (χ0v) is 10.0. The summed E-state index contributed by atoms with van der Waals surface area (Å²) in [5.41, 5.74) is 0. The van der Waals surface area contributed by atoms with Crippen LogP contribution in [0.5, 0.6) is 0 Å². The fraction of sp³-hybridized carbons (Fsp3) is 0.909. The van der Waals surface area contributed by atoms with Crippen molar-refractivity contribution in [1.82, 2.24) is 9.80 Å². The van der Waals surface area contributed by atoms with Crippen molar-refractivity contribution in [2.75, 3.05) is 40.8 Å². The molecule has 0 bridgehead atoms. The molecule has 0 aromatic carbocycles. The highest BCUT2D eigenvalue weighted by Gasteiger charge is 2.28. The van der Waals surface area contributed by atoms with E-state index in [4.69, 9.17) is 4.74 Å². The van der Waals surface area contributed by atoms with Gasteiger partial charge in [-0.3, -0.25) is 9.69 Å². The highest BCUT2D eigenvalue weighted by Crippen LogP contribution is 2.15. The number of rotatable bonds is 5. The van der Waals surface area contributed by atoms with Crippen LogP contribution < -0.4 is 0 Å². The molecular formula is C11H22N2O2. The van der Waals surface area contributed by atoms with Crippen molar-refractivity contribution in [2.24, 2.45) is 0 Å². The molecule has 0 spiro atoms. The molecule has 1 aliphatic heterocycles. The van der Waals surface area contributed by atoms with Gasteiger partial charge in [-0.25, -0.2) is 0 Å². The third-order valence-corrected chi connectivity index (χ3v) is 2.79. The Bertz CT molecular complexity index is 207. The van der Waals surface area contributed by atoms with Crippen molar-refractivity contribution < 1.29 is 9.53 Å². The minimum atomic E-state index is -0.0474. The van der Waals surface area contributed by atoms with Gasteiger partial charge in [-0.15, -0.1) is 0 Å². The van der Waals surface area contributed by atoms with Crippen LogP contribution in [0.15, 0.2) is 0 Å². The molecule has 0 amide bonds. The van der Waals surface area contributed by atoms with E-state index in [1.807, 2.05) is 21.1 Å². The van der Waals surface area contributed by atoms with Crippen LogP contribution in [-0.4, -0.2) is 62.7 Å². The van der Waals surface area contributed by atoms with Crippen LogP contribution in [0, 0.1) is 0 Å². The quantitative estimate of drug-likeness (QED) is 0.495. The smallest absolute Gasteiger partial charge is 0.323 e. The molecule has 4 heteroatoms. The number of carbonyl (C=O) groups excluding carboxylic acids is 1. The van der Waals surface area contributed by atoms with Gasteiger partial charge in [0.05, 0.1) is 6.61 Å². The summed E-state index contributed by atoms with van der Waals surface area (Å²) in [5, 5.41) is 0. The fourth-order valence-corrected chi connectivity index (χ4v) is 1.86. The van der Waals surface area contributed by atoms with E-state index in [9.17, 15) is 4.79 Å². The van der Waals surface area contributed by atoms with E-state index >= 15 is 0 Å². The average Bonchev–Trinajstić information content (AvgIpc) is 2.58. The lowest BCUT2D eigenvalue weighted by molar-refractivity contribution is -0.148. The predicted octanol–water partition coefficient (Wildman–Crippen LogP) is 0.575. The third kappa shape index (κ3) is 4.18. The summed E-state index contributed by atoms with van der Waals surface area (Å²) in [6, 6.07) is 0.00403. The molecule has 0 unspecified atom stereocenters. The molecule has 15 heavy (non-hydrogen) atoms. The second-order valence-corrected chi connectivity index (χ2v) is 4.46. The van der Waals surface area contributed by atoms with E-state index in [0.717, 1.165) is 32.4 Å². The molecule has 1 saturated heterocycles. The summed E-state index contributed by atoms with van der Waals surface area (Å²) in [6.45, 7) is 2.52. The zero-order chi connectivity index (χ0) is 11.3. The van der Waals surface area contributed by atoms with Crippen molar-refractivity contribution in [3.63, 3.8) is 0 Å². The molecule has 1 fully saturated rings. The van der Waals surface area contributed by atoms with E-state index in [2.05, 4.69) is 9.80 Å². The van der Waals surface area contributed by atoms with Crippen molar-refractivity contribution in [3.05, 3.63) is 0 Å². The fourth-order valence-electron chi connectivity index (χ4n) is 1.86. The molecule has 1 rings (SSSR count). The van der Waals surface area contributed by atoms with Gasteiger partial charge in [0.25, 0.3) is 0 Å². The number of likely N-dealkylation sites (tertiary alicyclic amines) is 1. The number of likely N-dealkylation sites (N-methyl/N-ethyl adjacent to an activating group) is 1. The Morgan fingerprint density at radius 1 is 1.53 bits per heavy atom. The number of hydrogen-bond acceptors (Lipinski definition) is 4. The van der Waals surface area contributed by atoms with Crippen molar-refractivity contribution in [3.8, 4) is 0 Å². The summed E-state index contributed by atoms with van der Waals surface area (Å²) in [4.78, 5) is 15.8. The molecule has 0 saturated carbocycles. The van der Waals surface area contributed by atoms with Crippen LogP contribution in [0.3, 0.4) is 0 Å². The molecule has 1 aliphatic rings. The first-order chi connectivity index (χ1) is 7.11. The Balaban J connectivity index is 2.13. The van der Waals surface area contributed by atoms with Gasteiger partial charge < -0.3 is 9.64 Å². The van der Waals surface area contributed by atoms with E-state index < -0.39 is 0 Å². The third-order valence-electron chi connectivity index (χ3n) is 2.79. The van der Waals surface area contributed by atoms with Crippen LogP contribution >= 0.6 is 0 Å². The van der Waals surface area contributed by atoms with Gasteiger partial charge in [0.15, 0.2) is 0 Å². The maximum Gasteiger partial charge on any atom is 0.323 e. The lowest BCUT2D eigenvalue weighted by atomic mass is 10.2. The lowest BCUT2D eigenvalue weighted by Gasteiger charge is -2.18. The van der Waals surface area contributed by atoms with Crippen LogP contribution in [0.2, 0.25) is 0 Å². The minimum absolute atomic E-state index is 0.00403. The predicted molar refractivity (Wildman–Crippen MR) is 59.8 cm³/mol.